The van der Waals surface area contributed by atoms with Gasteiger partial charge in [0.1, 0.15) is 11.6 Å². The van der Waals surface area contributed by atoms with Gasteiger partial charge in [-0.2, -0.15) is 0 Å². The fourth-order valence-corrected chi connectivity index (χ4v) is 3.64. The number of hydrogen-bond acceptors (Lipinski definition) is 6. The van der Waals surface area contributed by atoms with E-state index in [1.54, 1.807) is 0 Å². The highest BCUT2D eigenvalue weighted by molar-refractivity contribution is 7.16. The molecular weight excluding hydrogens is 398 g/mol. The maximum absolute atomic E-state index is 13.8. The lowest BCUT2D eigenvalue weighted by atomic mass is 9.92. The number of carboxylic acids is 1. The van der Waals surface area contributed by atoms with Crippen molar-refractivity contribution in [3.63, 3.8) is 0 Å². The monoisotopic (exact) mass is 412 g/mol. The van der Waals surface area contributed by atoms with Gasteiger partial charge in [-0.25, -0.2) is 13.6 Å². The molecule has 2 aromatic rings. The third-order valence-corrected chi connectivity index (χ3v) is 5.25. The summed E-state index contributed by atoms with van der Waals surface area (Å²) in [6.07, 6.45) is -1.11. The Kier molecular flexibility index (Phi) is 5.49. The van der Waals surface area contributed by atoms with Gasteiger partial charge in [0.25, 0.3) is 5.91 Å². The van der Waals surface area contributed by atoms with Crippen molar-refractivity contribution in [2.75, 3.05) is 13.1 Å². The number of halogens is 2. The third-order valence-electron chi connectivity index (χ3n) is 4.30. The number of rotatable bonds is 4. The molecule has 28 heavy (non-hydrogen) atoms. The average molecular weight is 412 g/mol. The maximum atomic E-state index is 13.8. The molecule has 0 bridgehead atoms. The van der Waals surface area contributed by atoms with Crippen molar-refractivity contribution in [2.45, 2.75) is 12.5 Å². The lowest BCUT2D eigenvalue weighted by Gasteiger charge is -2.35. The van der Waals surface area contributed by atoms with Crippen LogP contribution >= 0.6 is 11.3 Å². The molecule has 2 amide bonds. The Morgan fingerprint density at radius 2 is 1.96 bits per heavy atom. The molecule has 1 aromatic heterocycles. The Hall–Kier alpha value is -3.15. The molecule has 1 aromatic carbocycles. The van der Waals surface area contributed by atoms with Crippen LogP contribution in [0.25, 0.3) is 10.6 Å². The lowest BCUT2D eigenvalue weighted by molar-refractivity contribution is -0.144. The van der Waals surface area contributed by atoms with E-state index in [2.05, 4.69) is 15.5 Å². The Balaban J connectivity index is 1.73. The number of carboxylic acid groups (broad SMARTS) is 2. The molecule has 0 saturated carbocycles. The molecule has 1 aliphatic rings. The molecule has 1 fully saturated rings. The van der Waals surface area contributed by atoms with Crippen molar-refractivity contribution in [1.82, 2.24) is 20.4 Å². The van der Waals surface area contributed by atoms with Gasteiger partial charge >= 0.3 is 12.1 Å². The molecule has 148 valence electrons. The highest BCUT2D eigenvalue weighted by atomic mass is 32.1. The first-order chi connectivity index (χ1) is 13.3. The molecule has 2 heterocycles. The van der Waals surface area contributed by atoms with Crippen molar-refractivity contribution in [3.05, 3.63) is 34.8 Å². The van der Waals surface area contributed by atoms with Crippen LogP contribution in [0.5, 0.6) is 0 Å². The number of benzene rings is 1. The molecule has 12 heteroatoms. The highest BCUT2D eigenvalue weighted by Crippen LogP contribution is 2.27. The summed E-state index contributed by atoms with van der Waals surface area (Å²) in [4.78, 5) is 35.8. The van der Waals surface area contributed by atoms with E-state index >= 15 is 0 Å². The van der Waals surface area contributed by atoms with Gasteiger partial charge in [-0.3, -0.25) is 9.59 Å². The standard InChI is InChI=1S/C16H14F2N4O5S/c17-7-1-2-8(10(18)5-7)13-20-21-14(28-13)12(23)19-11-3-4-22(16(26)27)6-9(11)15(24)25/h1-2,5,9,11H,3-4,6H2,(H,19,23)(H,24,25)(H,26,27)/t9-,11+/m1/s1. The number of amides is 2. The molecular formula is C16H14F2N4O5S. The second kappa shape index (κ2) is 7.84. The summed E-state index contributed by atoms with van der Waals surface area (Å²) in [5.41, 5.74) is -0.0175. The molecule has 3 N–H and O–H groups in total. The summed E-state index contributed by atoms with van der Waals surface area (Å²) in [6.45, 7) is -0.177. The third kappa shape index (κ3) is 4.06. The van der Waals surface area contributed by atoms with Crippen molar-refractivity contribution in [2.24, 2.45) is 5.92 Å². The van der Waals surface area contributed by atoms with Crippen LogP contribution in [0.3, 0.4) is 0 Å². The summed E-state index contributed by atoms with van der Waals surface area (Å²) in [7, 11) is 0. The molecule has 1 saturated heterocycles. The Morgan fingerprint density at radius 3 is 2.61 bits per heavy atom. The number of aromatic nitrogens is 2. The molecule has 0 aliphatic carbocycles. The van der Waals surface area contributed by atoms with Crippen LogP contribution in [-0.4, -0.2) is 62.4 Å². The van der Waals surface area contributed by atoms with E-state index in [0.29, 0.717) is 6.07 Å². The number of aliphatic carboxylic acids is 1. The molecule has 3 rings (SSSR count). The van der Waals surface area contributed by atoms with E-state index in [0.717, 1.165) is 22.3 Å². The van der Waals surface area contributed by atoms with Gasteiger partial charge in [-0.1, -0.05) is 11.3 Å². The molecule has 1 aliphatic heterocycles. The van der Waals surface area contributed by atoms with Crippen LogP contribution in [0.2, 0.25) is 0 Å². The van der Waals surface area contributed by atoms with Gasteiger partial charge in [-0.05, 0) is 18.6 Å². The lowest BCUT2D eigenvalue weighted by Crippen LogP contribution is -2.54. The summed E-state index contributed by atoms with van der Waals surface area (Å²) in [5.74, 6) is -4.66. The molecule has 0 spiro atoms. The van der Waals surface area contributed by atoms with Gasteiger partial charge in [0.05, 0.1) is 5.92 Å². The highest BCUT2D eigenvalue weighted by Gasteiger charge is 2.37. The van der Waals surface area contributed by atoms with E-state index in [1.165, 1.54) is 6.07 Å². The van der Waals surface area contributed by atoms with E-state index in [4.69, 9.17) is 5.11 Å². The SMILES string of the molecule is O=C(N[C@H]1CCN(C(=O)O)C[C@H]1C(=O)O)c1nnc(-c2ccc(F)cc2F)s1. The predicted octanol–water partition coefficient (Wildman–Crippen LogP) is 1.67. The zero-order valence-electron chi connectivity index (χ0n) is 14.1. The maximum Gasteiger partial charge on any atom is 0.407 e. The Labute approximate surface area is 160 Å². The summed E-state index contributed by atoms with van der Waals surface area (Å²) < 4.78 is 26.9. The number of nitrogens with zero attached hydrogens (tertiary/aromatic N) is 3. The van der Waals surface area contributed by atoms with Gasteiger partial charge in [-0.15, -0.1) is 10.2 Å². The summed E-state index contributed by atoms with van der Waals surface area (Å²) in [6, 6.07) is 2.11. The predicted molar refractivity (Wildman–Crippen MR) is 91.9 cm³/mol. The van der Waals surface area contributed by atoms with E-state index in [-0.39, 0.29) is 35.1 Å². The van der Waals surface area contributed by atoms with Crippen molar-refractivity contribution >= 4 is 29.3 Å². The number of piperidine rings is 1. The zero-order chi connectivity index (χ0) is 20.4. The number of hydrogen-bond donors (Lipinski definition) is 3. The molecule has 9 nitrogen and oxygen atoms in total. The van der Waals surface area contributed by atoms with Crippen LogP contribution in [-0.2, 0) is 4.79 Å². The summed E-state index contributed by atoms with van der Waals surface area (Å²) >= 11 is 0.769. The van der Waals surface area contributed by atoms with Crippen molar-refractivity contribution in [3.8, 4) is 10.6 Å². The Morgan fingerprint density at radius 1 is 1.21 bits per heavy atom. The topological polar surface area (TPSA) is 133 Å². The van der Waals surface area contributed by atoms with Crippen LogP contribution < -0.4 is 5.32 Å². The quantitative estimate of drug-likeness (QED) is 0.696. The first kappa shape index (κ1) is 19.6. The molecule has 0 radical (unpaired) electrons. The van der Waals surface area contributed by atoms with Gasteiger partial charge in [0, 0.05) is 30.8 Å². The largest absolute Gasteiger partial charge is 0.481 e. The summed E-state index contributed by atoms with van der Waals surface area (Å²) in [5, 5.41) is 28.2. The number of carbonyl (C=O) groups is 3. The fourth-order valence-electron chi connectivity index (χ4n) is 2.87. The number of likely N-dealkylation sites (tertiary alicyclic amines) is 1. The fraction of sp³-hybridized carbons (Fsp3) is 0.312. The minimum atomic E-state index is -1.23. The van der Waals surface area contributed by atoms with E-state index < -0.39 is 41.6 Å². The number of nitrogens with one attached hydrogen (secondary N) is 1. The van der Waals surface area contributed by atoms with Crippen LogP contribution in [0.15, 0.2) is 18.2 Å². The first-order valence-electron chi connectivity index (χ1n) is 8.06. The zero-order valence-corrected chi connectivity index (χ0v) is 14.9. The van der Waals surface area contributed by atoms with Crippen molar-refractivity contribution in [1.29, 1.82) is 0 Å². The van der Waals surface area contributed by atoms with Gasteiger partial charge < -0.3 is 20.4 Å². The molecule has 0 unspecified atom stereocenters. The van der Waals surface area contributed by atoms with Crippen LogP contribution in [0.1, 0.15) is 16.2 Å². The van der Waals surface area contributed by atoms with Gasteiger partial charge in [0.15, 0.2) is 5.01 Å². The minimum absolute atomic E-state index is 0.0175. The molecule has 2 atom stereocenters. The van der Waals surface area contributed by atoms with Crippen LogP contribution in [0, 0.1) is 17.6 Å². The minimum Gasteiger partial charge on any atom is -0.481 e. The van der Waals surface area contributed by atoms with Crippen LogP contribution in [0.4, 0.5) is 13.6 Å². The average Bonchev–Trinajstić information content (AvgIpc) is 3.11. The first-order valence-corrected chi connectivity index (χ1v) is 8.88. The Bertz CT molecular complexity index is 938. The van der Waals surface area contributed by atoms with E-state index in [1.807, 2.05) is 0 Å². The van der Waals surface area contributed by atoms with Gasteiger partial charge in [0.2, 0.25) is 5.01 Å². The van der Waals surface area contributed by atoms with Crippen molar-refractivity contribution < 1.29 is 33.4 Å². The smallest absolute Gasteiger partial charge is 0.407 e. The number of carbonyl (C=O) groups excluding carboxylic acids is 1. The second-order valence-electron chi connectivity index (χ2n) is 6.08. The van der Waals surface area contributed by atoms with E-state index in [9.17, 15) is 28.3 Å². The second-order valence-corrected chi connectivity index (χ2v) is 7.06. The normalized spacial score (nSPS) is 19.3.